The van der Waals surface area contributed by atoms with Gasteiger partial charge in [0.15, 0.2) is 6.61 Å². The Hall–Kier alpha value is -2.58. The van der Waals surface area contributed by atoms with Crippen LogP contribution < -0.4 is 10.1 Å². The SMILES string of the molecule is Cn1ccc(-c2nnc(NC(=O)COc3ccc(Cl)cc3Cl)o2)n1. The Labute approximate surface area is 146 Å². The Morgan fingerprint density at radius 1 is 1.33 bits per heavy atom. The Morgan fingerprint density at radius 2 is 2.17 bits per heavy atom. The third-order valence-corrected chi connectivity index (χ3v) is 3.39. The van der Waals surface area contributed by atoms with Crippen LogP contribution in [0.2, 0.25) is 10.0 Å². The van der Waals surface area contributed by atoms with E-state index in [1.54, 1.807) is 36.1 Å². The van der Waals surface area contributed by atoms with Gasteiger partial charge in [-0.05, 0) is 24.3 Å². The number of nitrogens with zero attached hydrogens (tertiary/aromatic N) is 4. The number of rotatable bonds is 5. The van der Waals surface area contributed by atoms with E-state index in [2.05, 4.69) is 20.6 Å². The van der Waals surface area contributed by atoms with Gasteiger partial charge >= 0.3 is 6.01 Å². The molecule has 2 heterocycles. The average molecular weight is 368 g/mol. The molecule has 0 fully saturated rings. The van der Waals surface area contributed by atoms with Gasteiger partial charge < -0.3 is 9.15 Å². The Morgan fingerprint density at radius 3 is 2.88 bits per heavy atom. The number of nitrogens with one attached hydrogen (secondary N) is 1. The summed E-state index contributed by atoms with van der Waals surface area (Å²) < 4.78 is 12.2. The molecule has 10 heteroatoms. The smallest absolute Gasteiger partial charge is 0.322 e. The molecular formula is C14H11Cl2N5O3. The van der Waals surface area contributed by atoms with E-state index in [0.717, 1.165) is 0 Å². The number of aromatic nitrogens is 4. The molecule has 0 radical (unpaired) electrons. The summed E-state index contributed by atoms with van der Waals surface area (Å²) >= 11 is 11.7. The Bertz CT molecular complexity index is 877. The lowest BCUT2D eigenvalue weighted by Crippen LogP contribution is -2.20. The number of anilines is 1. The Balaban J connectivity index is 1.58. The summed E-state index contributed by atoms with van der Waals surface area (Å²) in [6.07, 6.45) is 1.74. The maximum absolute atomic E-state index is 11.9. The van der Waals surface area contributed by atoms with Crippen LogP contribution in [0, 0.1) is 0 Å². The molecule has 2 aromatic heterocycles. The summed E-state index contributed by atoms with van der Waals surface area (Å²) in [5, 5.41) is 14.9. The number of amides is 1. The number of halogens is 2. The fraction of sp³-hybridized carbons (Fsp3) is 0.143. The van der Waals surface area contributed by atoms with E-state index >= 15 is 0 Å². The second kappa shape index (κ2) is 6.90. The molecule has 124 valence electrons. The van der Waals surface area contributed by atoms with Gasteiger partial charge in [-0.1, -0.05) is 28.3 Å². The zero-order valence-corrected chi connectivity index (χ0v) is 13.9. The number of ether oxygens (including phenoxy) is 1. The molecule has 1 amide bonds. The van der Waals surface area contributed by atoms with Crippen molar-refractivity contribution in [1.29, 1.82) is 0 Å². The summed E-state index contributed by atoms with van der Waals surface area (Å²) in [4.78, 5) is 11.9. The molecule has 0 aliphatic heterocycles. The minimum Gasteiger partial charge on any atom is -0.482 e. The van der Waals surface area contributed by atoms with Crippen molar-refractivity contribution in [3.63, 3.8) is 0 Å². The lowest BCUT2D eigenvalue weighted by molar-refractivity contribution is -0.118. The minimum atomic E-state index is -0.475. The highest BCUT2D eigenvalue weighted by Gasteiger charge is 2.14. The van der Waals surface area contributed by atoms with E-state index in [1.807, 2.05) is 0 Å². The van der Waals surface area contributed by atoms with Gasteiger partial charge in [0, 0.05) is 18.3 Å². The lowest BCUT2D eigenvalue weighted by Gasteiger charge is -2.07. The summed E-state index contributed by atoms with van der Waals surface area (Å²) in [6, 6.07) is 6.37. The van der Waals surface area contributed by atoms with Gasteiger partial charge in [-0.2, -0.15) is 5.10 Å². The number of aryl methyl sites for hydroxylation is 1. The van der Waals surface area contributed by atoms with E-state index in [9.17, 15) is 4.79 Å². The maximum Gasteiger partial charge on any atom is 0.322 e. The van der Waals surface area contributed by atoms with Gasteiger partial charge in [-0.25, -0.2) is 0 Å². The third kappa shape index (κ3) is 3.84. The fourth-order valence-corrected chi connectivity index (χ4v) is 2.26. The summed E-state index contributed by atoms with van der Waals surface area (Å²) in [5.41, 5.74) is 0.509. The van der Waals surface area contributed by atoms with Gasteiger partial charge in [-0.3, -0.25) is 14.8 Å². The molecule has 0 unspecified atom stereocenters. The number of benzene rings is 1. The lowest BCUT2D eigenvalue weighted by atomic mass is 10.3. The van der Waals surface area contributed by atoms with Crippen LogP contribution in [-0.4, -0.2) is 32.5 Å². The van der Waals surface area contributed by atoms with Crippen LogP contribution in [0.15, 0.2) is 34.9 Å². The molecule has 3 aromatic rings. The topological polar surface area (TPSA) is 95.1 Å². The van der Waals surface area contributed by atoms with Crippen LogP contribution in [0.25, 0.3) is 11.6 Å². The first-order chi connectivity index (χ1) is 11.5. The highest BCUT2D eigenvalue weighted by Crippen LogP contribution is 2.27. The van der Waals surface area contributed by atoms with Crippen LogP contribution in [-0.2, 0) is 11.8 Å². The van der Waals surface area contributed by atoms with Gasteiger partial charge in [0.25, 0.3) is 11.8 Å². The van der Waals surface area contributed by atoms with Crippen molar-refractivity contribution in [2.24, 2.45) is 7.05 Å². The van der Waals surface area contributed by atoms with Crippen molar-refractivity contribution in [3.05, 3.63) is 40.5 Å². The number of carbonyl (C=O) groups is 1. The van der Waals surface area contributed by atoms with Gasteiger partial charge in [0.2, 0.25) is 0 Å². The normalized spacial score (nSPS) is 10.6. The highest BCUT2D eigenvalue weighted by atomic mass is 35.5. The first-order valence-electron chi connectivity index (χ1n) is 6.72. The molecular weight excluding hydrogens is 357 g/mol. The van der Waals surface area contributed by atoms with E-state index in [4.69, 9.17) is 32.4 Å². The fourth-order valence-electron chi connectivity index (χ4n) is 1.80. The van der Waals surface area contributed by atoms with Crippen LogP contribution in [0.5, 0.6) is 5.75 Å². The quantitative estimate of drug-likeness (QED) is 0.744. The van der Waals surface area contributed by atoms with Crippen LogP contribution >= 0.6 is 23.2 Å². The molecule has 8 nitrogen and oxygen atoms in total. The van der Waals surface area contributed by atoms with Crippen LogP contribution in [0.4, 0.5) is 6.01 Å². The molecule has 24 heavy (non-hydrogen) atoms. The third-order valence-electron chi connectivity index (χ3n) is 2.86. The van der Waals surface area contributed by atoms with Crippen molar-refractivity contribution >= 4 is 35.1 Å². The molecule has 0 bridgehead atoms. The summed E-state index contributed by atoms with van der Waals surface area (Å²) in [6.45, 7) is -0.275. The second-order valence-corrected chi connectivity index (χ2v) is 5.54. The molecule has 0 aliphatic carbocycles. The van der Waals surface area contributed by atoms with Gasteiger partial charge in [0.05, 0.1) is 5.02 Å². The Kier molecular flexibility index (Phi) is 4.68. The molecule has 1 aromatic carbocycles. The predicted octanol–water partition coefficient (Wildman–Crippen LogP) is 2.79. The predicted molar refractivity (Wildman–Crippen MR) is 87.1 cm³/mol. The second-order valence-electron chi connectivity index (χ2n) is 4.70. The van der Waals surface area contributed by atoms with Crippen LogP contribution in [0.3, 0.4) is 0 Å². The maximum atomic E-state index is 11.9. The van der Waals surface area contributed by atoms with Gasteiger partial charge in [0.1, 0.15) is 11.4 Å². The molecule has 0 atom stereocenters. The summed E-state index contributed by atoms with van der Waals surface area (Å²) in [5.74, 6) is 0.0701. The summed E-state index contributed by atoms with van der Waals surface area (Å²) in [7, 11) is 1.77. The van der Waals surface area contributed by atoms with E-state index in [1.165, 1.54) is 6.07 Å². The molecule has 3 rings (SSSR count). The van der Waals surface area contributed by atoms with Gasteiger partial charge in [-0.15, -0.1) is 5.10 Å². The monoisotopic (exact) mass is 367 g/mol. The standard InChI is InChI=1S/C14H11Cl2N5O3/c1-21-5-4-10(20-21)13-18-19-14(24-13)17-12(22)7-23-11-3-2-8(15)6-9(11)16/h2-6H,7H2,1H3,(H,17,19,22). The molecule has 0 saturated heterocycles. The largest absolute Gasteiger partial charge is 0.482 e. The molecule has 0 saturated carbocycles. The highest BCUT2D eigenvalue weighted by molar-refractivity contribution is 6.35. The molecule has 1 N–H and O–H groups in total. The molecule has 0 aliphatic rings. The van der Waals surface area contributed by atoms with E-state index in [0.29, 0.717) is 21.5 Å². The van der Waals surface area contributed by atoms with Crippen molar-refractivity contribution in [2.75, 3.05) is 11.9 Å². The van der Waals surface area contributed by atoms with E-state index in [-0.39, 0.29) is 18.5 Å². The van der Waals surface area contributed by atoms with Crippen molar-refractivity contribution in [3.8, 4) is 17.3 Å². The number of carbonyl (C=O) groups excluding carboxylic acids is 1. The van der Waals surface area contributed by atoms with Crippen LogP contribution in [0.1, 0.15) is 0 Å². The first-order valence-corrected chi connectivity index (χ1v) is 7.48. The zero-order chi connectivity index (χ0) is 17.1. The average Bonchev–Trinajstić information content (AvgIpc) is 3.15. The van der Waals surface area contributed by atoms with Crippen molar-refractivity contribution in [2.45, 2.75) is 0 Å². The number of hydrogen-bond acceptors (Lipinski definition) is 6. The minimum absolute atomic E-state index is 0.0496. The molecule has 0 spiro atoms. The zero-order valence-electron chi connectivity index (χ0n) is 12.4. The first kappa shape index (κ1) is 16.3. The van der Waals surface area contributed by atoms with E-state index < -0.39 is 5.91 Å². The number of hydrogen-bond donors (Lipinski definition) is 1. The van der Waals surface area contributed by atoms with Crippen molar-refractivity contribution in [1.82, 2.24) is 20.0 Å². The van der Waals surface area contributed by atoms with Crippen molar-refractivity contribution < 1.29 is 13.9 Å².